The van der Waals surface area contributed by atoms with E-state index in [1.807, 2.05) is 0 Å². The second-order valence-corrected chi connectivity index (χ2v) is 8.28. The van der Waals surface area contributed by atoms with Crippen molar-refractivity contribution in [2.75, 3.05) is 31.3 Å². The quantitative estimate of drug-likeness (QED) is 0.728. The molecule has 3 atom stereocenters. The smallest absolute Gasteiger partial charge is 0.227 e. The second kappa shape index (κ2) is 5.99. The summed E-state index contributed by atoms with van der Waals surface area (Å²) in [5.41, 5.74) is -0.631. The molecular formula is C13H24N2O4S. The SMILES string of the molecule is CCCNC1COCC1C(=O)NC1(C)CCS(=O)(=O)C1. The van der Waals surface area contributed by atoms with E-state index in [0.717, 1.165) is 13.0 Å². The van der Waals surface area contributed by atoms with Gasteiger partial charge in [0.25, 0.3) is 0 Å². The van der Waals surface area contributed by atoms with Crippen LogP contribution in [0.5, 0.6) is 0 Å². The molecule has 7 heteroatoms. The summed E-state index contributed by atoms with van der Waals surface area (Å²) in [5.74, 6) is -0.146. The molecular weight excluding hydrogens is 280 g/mol. The van der Waals surface area contributed by atoms with E-state index in [0.29, 0.717) is 19.6 Å². The van der Waals surface area contributed by atoms with Crippen LogP contribution in [-0.4, -0.2) is 57.2 Å². The van der Waals surface area contributed by atoms with Crippen LogP contribution < -0.4 is 10.6 Å². The highest BCUT2D eigenvalue weighted by atomic mass is 32.2. The van der Waals surface area contributed by atoms with Crippen LogP contribution in [0.15, 0.2) is 0 Å². The first-order valence-electron chi connectivity index (χ1n) is 7.19. The van der Waals surface area contributed by atoms with Gasteiger partial charge in [0.2, 0.25) is 5.91 Å². The van der Waals surface area contributed by atoms with Crippen LogP contribution in [0, 0.1) is 5.92 Å². The lowest BCUT2D eigenvalue weighted by atomic mass is 9.97. The first-order chi connectivity index (χ1) is 9.35. The lowest BCUT2D eigenvalue weighted by Gasteiger charge is -2.27. The lowest BCUT2D eigenvalue weighted by Crippen LogP contribution is -2.52. The Balaban J connectivity index is 1.94. The zero-order valence-electron chi connectivity index (χ0n) is 12.1. The van der Waals surface area contributed by atoms with Crippen molar-refractivity contribution in [1.82, 2.24) is 10.6 Å². The number of carbonyl (C=O) groups excluding carboxylic acids is 1. The fraction of sp³-hybridized carbons (Fsp3) is 0.923. The summed E-state index contributed by atoms with van der Waals surface area (Å²) in [7, 11) is -3.01. The lowest BCUT2D eigenvalue weighted by molar-refractivity contribution is -0.127. The Bertz CT molecular complexity index is 465. The molecule has 2 rings (SSSR count). The zero-order chi connectivity index (χ0) is 14.8. The maximum atomic E-state index is 12.4. The molecule has 0 bridgehead atoms. The summed E-state index contributed by atoms with van der Waals surface area (Å²) in [6.45, 7) is 5.66. The summed E-state index contributed by atoms with van der Waals surface area (Å²) >= 11 is 0. The number of hydrogen-bond acceptors (Lipinski definition) is 5. The van der Waals surface area contributed by atoms with E-state index in [1.54, 1.807) is 6.92 Å². The van der Waals surface area contributed by atoms with Crippen molar-refractivity contribution in [3.63, 3.8) is 0 Å². The van der Waals surface area contributed by atoms with Crippen LogP contribution in [-0.2, 0) is 19.4 Å². The standard InChI is InChI=1S/C13H24N2O4S/c1-3-5-14-11-8-19-7-10(11)12(16)15-13(2)4-6-20(17,18)9-13/h10-11,14H,3-9H2,1-2H3,(H,15,16). The highest BCUT2D eigenvalue weighted by molar-refractivity contribution is 7.91. The average Bonchev–Trinajstić information content (AvgIpc) is 2.91. The molecule has 0 aromatic heterocycles. The van der Waals surface area contributed by atoms with Crippen molar-refractivity contribution < 1.29 is 17.9 Å². The molecule has 0 saturated carbocycles. The van der Waals surface area contributed by atoms with Crippen LogP contribution in [0.4, 0.5) is 0 Å². The van der Waals surface area contributed by atoms with Gasteiger partial charge in [0.1, 0.15) is 0 Å². The number of hydrogen-bond donors (Lipinski definition) is 2. The third-order valence-electron chi connectivity index (χ3n) is 4.00. The van der Waals surface area contributed by atoms with Crippen molar-refractivity contribution in [1.29, 1.82) is 0 Å². The fourth-order valence-corrected chi connectivity index (χ4v) is 4.94. The Labute approximate surface area is 120 Å². The van der Waals surface area contributed by atoms with Crippen molar-refractivity contribution in [3.05, 3.63) is 0 Å². The molecule has 0 aliphatic carbocycles. The predicted molar refractivity (Wildman–Crippen MR) is 76.2 cm³/mol. The molecule has 20 heavy (non-hydrogen) atoms. The fourth-order valence-electron chi connectivity index (χ4n) is 2.84. The van der Waals surface area contributed by atoms with Gasteiger partial charge in [-0.05, 0) is 26.3 Å². The largest absolute Gasteiger partial charge is 0.379 e. The summed E-state index contributed by atoms with van der Waals surface area (Å²) in [6.07, 6.45) is 1.49. The molecule has 0 spiro atoms. The van der Waals surface area contributed by atoms with Crippen LogP contribution in [0.2, 0.25) is 0 Å². The molecule has 6 nitrogen and oxygen atoms in total. The molecule has 2 aliphatic heterocycles. The predicted octanol–water partition coefficient (Wildman–Crippen LogP) is -0.306. The van der Waals surface area contributed by atoms with Crippen molar-refractivity contribution >= 4 is 15.7 Å². The van der Waals surface area contributed by atoms with Gasteiger partial charge in [-0.1, -0.05) is 6.92 Å². The van der Waals surface area contributed by atoms with Gasteiger partial charge >= 0.3 is 0 Å². The van der Waals surface area contributed by atoms with Crippen LogP contribution in [0.1, 0.15) is 26.7 Å². The van der Waals surface area contributed by atoms with E-state index in [2.05, 4.69) is 17.6 Å². The Hall–Kier alpha value is -0.660. The number of amides is 1. The van der Waals surface area contributed by atoms with Gasteiger partial charge in [0.15, 0.2) is 9.84 Å². The van der Waals surface area contributed by atoms with Crippen molar-refractivity contribution in [3.8, 4) is 0 Å². The minimum Gasteiger partial charge on any atom is -0.379 e. The summed E-state index contributed by atoms with van der Waals surface area (Å²) < 4.78 is 28.5. The van der Waals surface area contributed by atoms with Gasteiger partial charge in [-0.2, -0.15) is 0 Å². The van der Waals surface area contributed by atoms with Crippen LogP contribution in [0.25, 0.3) is 0 Å². The Morgan fingerprint density at radius 3 is 2.75 bits per heavy atom. The van der Waals surface area contributed by atoms with E-state index in [4.69, 9.17) is 4.74 Å². The minimum absolute atomic E-state index is 0.0246. The maximum absolute atomic E-state index is 12.4. The number of nitrogens with one attached hydrogen (secondary N) is 2. The highest BCUT2D eigenvalue weighted by Gasteiger charge is 2.42. The van der Waals surface area contributed by atoms with Gasteiger partial charge < -0.3 is 15.4 Å². The molecule has 2 saturated heterocycles. The summed E-state index contributed by atoms with van der Waals surface area (Å²) in [5, 5.41) is 6.23. The van der Waals surface area contributed by atoms with Crippen LogP contribution in [0.3, 0.4) is 0 Å². The van der Waals surface area contributed by atoms with E-state index < -0.39 is 15.4 Å². The Kier molecular flexibility index (Phi) is 4.71. The summed E-state index contributed by atoms with van der Waals surface area (Å²) in [4.78, 5) is 12.4. The highest BCUT2D eigenvalue weighted by Crippen LogP contribution is 2.24. The topological polar surface area (TPSA) is 84.5 Å². The van der Waals surface area contributed by atoms with E-state index in [9.17, 15) is 13.2 Å². The first kappa shape index (κ1) is 15.7. The number of carbonyl (C=O) groups is 1. The maximum Gasteiger partial charge on any atom is 0.227 e. The van der Waals surface area contributed by atoms with Crippen LogP contribution >= 0.6 is 0 Å². The average molecular weight is 304 g/mol. The molecule has 3 unspecified atom stereocenters. The molecule has 116 valence electrons. The van der Waals surface area contributed by atoms with Crippen molar-refractivity contribution in [2.45, 2.75) is 38.3 Å². The molecule has 2 heterocycles. The Morgan fingerprint density at radius 2 is 2.15 bits per heavy atom. The van der Waals surface area contributed by atoms with E-state index in [1.165, 1.54) is 0 Å². The summed E-state index contributed by atoms with van der Waals surface area (Å²) in [6, 6.07) is 0.0246. The first-order valence-corrected chi connectivity index (χ1v) is 9.01. The molecule has 2 N–H and O–H groups in total. The third-order valence-corrected chi connectivity index (χ3v) is 5.91. The molecule has 2 aliphatic rings. The van der Waals surface area contributed by atoms with Gasteiger partial charge in [-0.3, -0.25) is 4.79 Å². The number of sulfone groups is 1. The molecule has 0 radical (unpaired) electrons. The normalized spacial score (nSPS) is 36.1. The minimum atomic E-state index is -3.01. The van der Waals surface area contributed by atoms with Gasteiger partial charge in [0, 0.05) is 6.04 Å². The van der Waals surface area contributed by atoms with Gasteiger partial charge in [-0.25, -0.2) is 8.42 Å². The van der Waals surface area contributed by atoms with E-state index >= 15 is 0 Å². The van der Waals surface area contributed by atoms with Gasteiger partial charge in [0.05, 0.1) is 36.2 Å². The number of rotatable bonds is 5. The Morgan fingerprint density at radius 1 is 1.40 bits per heavy atom. The molecule has 0 aromatic carbocycles. The monoisotopic (exact) mass is 304 g/mol. The zero-order valence-corrected chi connectivity index (χ0v) is 13.0. The second-order valence-electron chi connectivity index (χ2n) is 6.10. The van der Waals surface area contributed by atoms with Gasteiger partial charge in [-0.15, -0.1) is 0 Å². The van der Waals surface area contributed by atoms with E-state index in [-0.39, 0.29) is 29.4 Å². The van der Waals surface area contributed by atoms with Crippen molar-refractivity contribution in [2.24, 2.45) is 5.92 Å². The third kappa shape index (κ3) is 3.71. The molecule has 1 amide bonds. The number of ether oxygens (including phenoxy) is 1. The molecule has 0 aromatic rings. The molecule has 2 fully saturated rings.